The van der Waals surface area contributed by atoms with Crippen LogP contribution in [0.15, 0.2) is 72.8 Å². The number of carbonyl (C=O) groups is 2. The third-order valence-electron chi connectivity index (χ3n) is 8.06. The molecule has 0 aliphatic carbocycles. The van der Waals surface area contributed by atoms with E-state index in [1.807, 2.05) is 61.2 Å². The number of likely N-dealkylation sites (tertiary alicyclic amines) is 1. The lowest BCUT2D eigenvalue weighted by atomic mass is 9.93. The maximum absolute atomic E-state index is 13.6. The van der Waals surface area contributed by atoms with Gasteiger partial charge in [0.1, 0.15) is 6.61 Å². The normalized spacial score (nSPS) is 14.1. The van der Waals surface area contributed by atoms with E-state index in [2.05, 4.69) is 47.5 Å². The standard InChI is InChI=1S/C36H44N4O3/c1-27-8-10-30(11-9-27)24-39-19-16-29(17-20-39)18-21-40(35(42)38-36(3,4)26-43-28(2)41)25-31-12-14-33(15-13-31)34-7-5-6-32(22-34)23-37/h5-15,22,29H,16-21,24-26H2,1-4H3,(H,38,42). The minimum Gasteiger partial charge on any atom is -0.463 e. The summed E-state index contributed by atoms with van der Waals surface area (Å²) < 4.78 is 5.19. The van der Waals surface area contributed by atoms with Crippen LogP contribution in [0, 0.1) is 24.2 Å². The number of ether oxygens (including phenoxy) is 1. The number of urea groups is 1. The molecule has 0 spiro atoms. The summed E-state index contributed by atoms with van der Waals surface area (Å²) in [5.74, 6) is 0.196. The SMILES string of the molecule is CC(=O)OCC(C)(C)NC(=O)N(CCC1CCN(Cc2ccc(C)cc2)CC1)Cc1ccc(-c2cccc(C#N)c2)cc1. The molecule has 1 aliphatic heterocycles. The molecule has 0 aromatic heterocycles. The lowest BCUT2D eigenvalue weighted by Crippen LogP contribution is -2.52. The van der Waals surface area contributed by atoms with E-state index < -0.39 is 5.54 Å². The van der Waals surface area contributed by atoms with Crippen LogP contribution < -0.4 is 5.32 Å². The largest absolute Gasteiger partial charge is 0.463 e. The summed E-state index contributed by atoms with van der Waals surface area (Å²) in [6, 6.07) is 26.5. The van der Waals surface area contributed by atoms with Crippen molar-refractivity contribution in [2.75, 3.05) is 26.2 Å². The molecular formula is C36H44N4O3. The Morgan fingerprint density at radius 2 is 1.67 bits per heavy atom. The fourth-order valence-corrected chi connectivity index (χ4v) is 5.45. The summed E-state index contributed by atoms with van der Waals surface area (Å²) >= 11 is 0. The molecule has 43 heavy (non-hydrogen) atoms. The third-order valence-corrected chi connectivity index (χ3v) is 8.06. The van der Waals surface area contributed by atoms with Gasteiger partial charge in [0.2, 0.25) is 0 Å². The van der Waals surface area contributed by atoms with Gasteiger partial charge in [0.15, 0.2) is 0 Å². The van der Waals surface area contributed by atoms with E-state index in [1.165, 1.54) is 18.1 Å². The maximum atomic E-state index is 13.6. The first-order valence-corrected chi connectivity index (χ1v) is 15.2. The summed E-state index contributed by atoms with van der Waals surface area (Å²) in [5.41, 5.74) is 5.61. The molecule has 0 unspecified atom stereocenters. The molecule has 3 aromatic rings. The molecule has 1 aliphatic rings. The molecule has 1 heterocycles. The average molecular weight is 581 g/mol. The summed E-state index contributed by atoms with van der Waals surface area (Å²) in [6.45, 7) is 11.5. The topological polar surface area (TPSA) is 85.7 Å². The van der Waals surface area contributed by atoms with Crippen LogP contribution in [-0.4, -0.2) is 53.6 Å². The number of hydrogen-bond acceptors (Lipinski definition) is 5. The van der Waals surface area contributed by atoms with Gasteiger partial charge in [-0.15, -0.1) is 0 Å². The lowest BCUT2D eigenvalue weighted by molar-refractivity contribution is -0.142. The fourth-order valence-electron chi connectivity index (χ4n) is 5.45. The van der Waals surface area contributed by atoms with Gasteiger partial charge in [-0.2, -0.15) is 5.26 Å². The quantitative estimate of drug-likeness (QED) is 0.256. The Bertz CT molecular complexity index is 1400. The van der Waals surface area contributed by atoms with E-state index >= 15 is 0 Å². The Morgan fingerprint density at radius 1 is 1.00 bits per heavy atom. The Labute approximate surface area is 256 Å². The van der Waals surface area contributed by atoms with Crippen LogP contribution in [-0.2, 0) is 22.6 Å². The average Bonchev–Trinajstić information content (AvgIpc) is 3.00. The monoisotopic (exact) mass is 580 g/mol. The van der Waals surface area contributed by atoms with E-state index in [0.29, 0.717) is 24.6 Å². The number of carbonyl (C=O) groups excluding carboxylic acids is 2. The summed E-state index contributed by atoms with van der Waals surface area (Å²) in [6.07, 6.45) is 3.18. The van der Waals surface area contributed by atoms with Crippen LogP contribution in [0.25, 0.3) is 11.1 Å². The van der Waals surface area contributed by atoms with Crippen molar-refractivity contribution in [2.45, 2.75) is 65.6 Å². The minimum atomic E-state index is -0.696. The zero-order chi connectivity index (χ0) is 30.8. The molecule has 0 radical (unpaired) electrons. The number of rotatable bonds is 11. The molecule has 3 aromatic carbocycles. The molecule has 2 amide bonds. The van der Waals surface area contributed by atoms with E-state index in [9.17, 15) is 14.9 Å². The van der Waals surface area contributed by atoms with Gasteiger partial charge >= 0.3 is 12.0 Å². The van der Waals surface area contributed by atoms with Crippen LogP contribution >= 0.6 is 0 Å². The van der Waals surface area contributed by atoms with Crippen molar-refractivity contribution in [3.05, 3.63) is 95.1 Å². The van der Waals surface area contributed by atoms with Gasteiger partial charge in [0, 0.05) is 26.6 Å². The molecular weight excluding hydrogens is 536 g/mol. The van der Waals surface area contributed by atoms with Gasteiger partial charge in [-0.1, -0.05) is 66.2 Å². The van der Waals surface area contributed by atoms with E-state index in [0.717, 1.165) is 55.6 Å². The van der Waals surface area contributed by atoms with Crippen molar-refractivity contribution in [2.24, 2.45) is 5.92 Å². The van der Waals surface area contributed by atoms with Crippen molar-refractivity contribution in [3.8, 4) is 17.2 Å². The number of nitrogens with zero attached hydrogens (tertiary/aromatic N) is 3. The number of esters is 1. The Morgan fingerprint density at radius 3 is 2.33 bits per heavy atom. The molecule has 7 nitrogen and oxygen atoms in total. The van der Waals surface area contributed by atoms with Crippen LogP contribution in [0.4, 0.5) is 4.79 Å². The van der Waals surface area contributed by atoms with Crippen LogP contribution in [0.1, 0.15) is 62.3 Å². The highest BCUT2D eigenvalue weighted by atomic mass is 16.5. The highest BCUT2D eigenvalue weighted by molar-refractivity contribution is 5.75. The molecule has 0 saturated carbocycles. The second-order valence-electron chi connectivity index (χ2n) is 12.4. The molecule has 1 N–H and O–H groups in total. The van der Waals surface area contributed by atoms with E-state index in [4.69, 9.17) is 4.74 Å². The first kappa shape index (κ1) is 31.8. The van der Waals surface area contributed by atoms with Crippen molar-refractivity contribution in [3.63, 3.8) is 0 Å². The van der Waals surface area contributed by atoms with Crippen LogP contribution in [0.2, 0.25) is 0 Å². The zero-order valence-corrected chi connectivity index (χ0v) is 25.9. The van der Waals surface area contributed by atoms with Crippen LogP contribution in [0.5, 0.6) is 0 Å². The molecule has 4 rings (SSSR count). The Hall–Kier alpha value is -4.15. The van der Waals surface area contributed by atoms with Gasteiger partial charge in [-0.3, -0.25) is 9.69 Å². The number of hydrogen-bond donors (Lipinski definition) is 1. The van der Waals surface area contributed by atoms with Gasteiger partial charge in [0.05, 0.1) is 17.2 Å². The molecule has 7 heteroatoms. The second-order valence-corrected chi connectivity index (χ2v) is 12.4. The van der Waals surface area contributed by atoms with Gasteiger partial charge in [0.25, 0.3) is 0 Å². The highest BCUT2D eigenvalue weighted by Gasteiger charge is 2.27. The number of piperidine rings is 1. The number of nitriles is 1. The van der Waals surface area contributed by atoms with Gasteiger partial charge in [-0.05, 0) is 93.4 Å². The van der Waals surface area contributed by atoms with Crippen LogP contribution in [0.3, 0.4) is 0 Å². The number of benzene rings is 3. The first-order valence-electron chi connectivity index (χ1n) is 15.2. The number of nitrogens with one attached hydrogen (secondary N) is 1. The zero-order valence-electron chi connectivity index (χ0n) is 25.9. The van der Waals surface area contributed by atoms with Crippen molar-refractivity contribution >= 4 is 12.0 Å². The van der Waals surface area contributed by atoms with Crippen molar-refractivity contribution < 1.29 is 14.3 Å². The number of amides is 2. The van der Waals surface area contributed by atoms with E-state index in [-0.39, 0.29) is 18.6 Å². The Kier molecular flexibility index (Phi) is 11.0. The number of aryl methyl sites for hydroxylation is 1. The molecule has 1 saturated heterocycles. The summed E-state index contributed by atoms with van der Waals surface area (Å²) in [7, 11) is 0. The summed E-state index contributed by atoms with van der Waals surface area (Å²) in [4.78, 5) is 29.3. The molecule has 0 atom stereocenters. The van der Waals surface area contributed by atoms with Crippen molar-refractivity contribution in [1.82, 2.24) is 15.1 Å². The fraction of sp³-hybridized carbons (Fsp3) is 0.417. The third kappa shape index (κ3) is 9.97. The summed E-state index contributed by atoms with van der Waals surface area (Å²) in [5, 5.41) is 12.3. The predicted octanol–water partition coefficient (Wildman–Crippen LogP) is 6.69. The van der Waals surface area contributed by atoms with E-state index in [1.54, 1.807) is 6.07 Å². The highest BCUT2D eigenvalue weighted by Crippen LogP contribution is 2.24. The Balaban J connectivity index is 1.38. The molecule has 0 bridgehead atoms. The maximum Gasteiger partial charge on any atom is 0.318 e. The molecule has 1 fully saturated rings. The van der Waals surface area contributed by atoms with Gasteiger partial charge in [-0.25, -0.2) is 4.79 Å². The smallest absolute Gasteiger partial charge is 0.318 e. The predicted molar refractivity (Wildman–Crippen MR) is 170 cm³/mol. The lowest BCUT2D eigenvalue weighted by Gasteiger charge is -2.34. The second kappa shape index (κ2) is 14.8. The molecule has 226 valence electrons. The minimum absolute atomic E-state index is 0.109. The van der Waals surface area contributed by atoms with Crippen molar-refractivity contribution in [1.29, 1.82) is 5.26 Å². The van der Waals surface area contributed by atoms with Gasteiger partial charge < -0.3 is 15.0 Å². The first-order chi connectivity index (χ1) is 20.6.